The largest absolute Gasteiger partial charge is 0.510 e. The molecule has 42 heavy (non-hydrogen) atoms. The van der Waals surface area contributed by atoms with Crippen molar-refractivity contribution in [3.63, 3.8) is 0 Å². The van der Waals surface area contributed by atoms with Crippen molar-refractivity contribution in [2.45, 2.75) is 30.1 Å². The number of carbonyl (C=O) groups is 4. The first-order valence-corrected chi connectivity index (χ1v) is 13.1. The molecular formula is C30H30N2O10. The lowest BCUT2D eigenvalue weighted by Crippen LogP contribution is -2.68. The molecule has 2 aromatic carbocycles. The molecule has 0 radical (unpaired) electrons. The molecule has 5 rings (SSSR count). The van der Waals surface area contributed by atoms with Crippen LogP contribution in [0, 0.1) is 11.8 Å². The highest BCUT2D eigenvalue weighted by molar-refractivity contribution is 6.25. The summed E-state index contributed by atoms with van der Waals surface area (Å²) in [5.74, 6) is -10.2. The Morgan fingerprint density at radius 2 is 1.69 bits per heavy atom. The Hall–Kier alpha value is -4.52. The lowest BCUT2D eigenvalue weighted by atomic mass is 9.54. The highest BCUT2D eigenvalue weighted by Gasteiger charge is 2.67. The number of ketones is 2. The summed E-state index contributed by atoms with van der Waals surface area (Å²) in [5.41, 5.74) is 2.03. The summed E-state index contributed by atoms with van der Waals surface area (Å²) in [5, 5.41) is 57.1. The van der Waals surface area contributed by atoms with Crippen molar-refractivity contribution in [3.05, 3.63) is 87.4 Å². The Bertz CT molecular complexity index is 1590. The number of ether oxygens (including phenoxy) is 1. The molecule has 0 aromatic heterocycles. The smallest absolute Gasteiger partial charge is 0.337 e. The van der Waals surface area contributed by atoms with Crippen molar-refractivity contribution < 1.29 is 49.4 Å². The minimum Gasteiger partial charge on any atom is -0.510 e. The standard InChI is InChI=1S/C30H30N2O10/c1-32(2)22-21-24(35)18-15(11-12-7-9-13(10-8-12)29(40)42-3)14-5-4-6-16(33)17(14)23(34)19(18)26(37)30(21,41)27(38)20(25(22)36)28(31)39/h4-10,15,18,21-22,24,33,35-37,41H,11H2,1-3H3,(H2,31,39). The first kappa shape index (κ1) is 29.0. The molecule has 0 heterocycles. The number of amides is 1. The van der Waals surface area contributed by atoms with Gasteiger partial charge in [0.1, 0.15) is 22.8 Å². The van der Waals surface area contributed by atoms with E-state index >= 15 is 0 Å². The Kier molecular flexibility index (Phi) is 6.96. The number of methoxy groups -OCH3 is 1. The molecule has 220 valence electrons. The van der Waals surface area contributed by atoms with Crippen LogP contribution < -0.4 is 5.73 Å². The Morgan fingerprint density at radius 1 is 1.05 bits per heavy atom. The van der Waals surface area contributed by atoms with Crippen LogP contribution in [0.25, 0.3) is 0 Å². The van der Waals surface area contributed by atoms with E-state index in [0.717, 1.165) is 0 Å². The van der Waals surface area contributed by atoms with Crippen molar-refractivity contribution >= 4 is 23.4 Å². The number of esters is 1. The van der Waals surface area contributed by atoms with Gasteiger partial charge in [-0.1, -0.05) is 24.3 Å². The first-order valence-electron chi connectivity index (χ1n) is 13.1. The van der Waals surface area contributed by atoms with E-state index in [1.165, 1.54) is 38.2 Å². The van der Waals surface area contributed by atoms with Crippen LogP contribution in [0.5, 0.6) is 5.75 Å². The molecule has 0 fully saturated rings. The molecule has 12 heteroatoms. The molecular weight excluding hydrogens is 548 g/mol. The summed E-state index contributed by atoms with van der Waals surface area (Å²) < 4.78 is 4.74. The number of nitrogens with zero attached hydrogens (tertiary/aromatic N) is 1. The number of nitrogens with two attached hydrogens (primary N) is 1. The van der Waals surface area contributed by atoms with Gasteiger partial charge in [0, 0.05) is 11.5 Å². The van der Waals surface area contributed by atoms with Crippen LogP contribution in [0.4, 0.5) is 0 Å². The monoisotopic (exact) mass is 578 g/mol. The van der Waals surface area contributed by atoms with Crippen molar-refractivity contribution in [1.82, 2.24) is 4.90 Å². The minimum atomic E-state index is -3.00. The van der Waals surface area contributed by atoms with Crippen LogP contribution in [0.15, 0.2) is 65.1 Å². The third-order valence-corrected chi connectivity index (χ3v) is 8.63. The van der Waals surface area contributed by atoms with Crippen molar-refractivity contribution in [3.8, 4) is 5.75 Å². The predicted molar refractivity (Wildman–Crippen MR) is 146 cm³/mol. The van der Waals surface area contributed by atoms with Gasteiger partial charge in [0.15, 0.2) is 11.4 Å². The van der Waals surface area contributed by atoms with Crippen LogP contribution in [-0.2, 0) is 20.7 Å². The molecule has 3 aliphatic carbocycles. The molecule has 0 aliphatic heterocycles. The third kappa shape index (κ3) is 3.94. The zero-order chi connectivity index (χ0) is 30.8. The van der Waals surface area contributed by atoms with Crippen LogP contribution in [0.3, 0.4) is 0 Å². The number of hydrogen-bond donors (Lipinski definition) is 6. The fraction of sp³-hybridized carbons (Fsp3) is 0.333. The summed E-state index contributed by atoms with van der Waals surface area (Å²) in [6.07, 6.45) is -1.60. The van der Waals surface area contributed by atoms with E-state index in [1.807, 2.05) is 0 Å². The summed E-state index contributed by atoms with van der Waals surface area (Å²) in [6.45, 7) is 0. The lowest BCUT2D eigenvalue weighted by Gasteiger charge is -2.53. The van der Waals surface area contributed by atoms with Crippen molar-refractivity contribution in [1.29, 1.82) is 0 Å². The van der Waals surface area contributed by atoms with Gasteiger partial charge in [-0.2, -0.15) is 0 Å². The molecule has 7 N–H and O–H groups in total. The van der Waals surface area contributed by atoms with Gasteiger partial charge in [0.25, 0.3) is 5.91 Å². The second kappa shape index (κ2) is 10.1. The lowest BCUT2D eigenvalue weighted by molar-refractivity contribution is -0.162. The Balaban J connectivity index is 1.75. The Morgan fingerprint density at radius 3 is 2.26 bits per heavy atom. The number of likely N-dealkylation sites (N-methyl/N-ethyl adjacent to an activating group) is 1. The second-order valence-corrected chi connectivity index (χ2v) is 11.0. The molecule has 6 atom stereocenters. The second-order valence-electron chi connectivity index (χ2n) is 11.0. The number of aliphatic hydroxyl groups excluding tert-OH is 3. The fourth-order valence-electron chi connectivity index (χ4n) is 6.79. The van der Waals surface area contributed by atoms with Crippen LogP contribution in [0.2, 0.25) is 0 Å². The van der Waals surface area contributed by atoms with Crippen LogP contribution in [0.1, 0.15) is 37.8 Å². The summed E-state index contributed by atoms with van der Waals surface area (Å²) in [7, 11) is 4.19. The van der Waals surface area contributed by atoms with E-state index in [2.05, 4.69) is 0 Å². The van der Waals surface area contributed by atoms with Gasteiger partial charge in [0.05, 0.1) is 36.3 Å². The number of Topliss-reactive ketones (excluding diaryl/α,β-unsaturated/α-hetero) is 2. The first-order chi connectivity index (χ1) is 19.8. The summed E-state index contributed by atoms with van der Waals surface area (Å²) in [4.78, 5) is 52.9. The molecule has 6 unspecified atom stereocenters. The van der Waals surface area contributed by atoms with Gasteiger partial charge in [0.2, 0.25) is 5.78 Å². The Labute approximate surface area is 239 Å². The number of phenolic OH excluding ortho intramolecular Hbond substituents is 1. The zero-order valence-corrected chi connectivity index (χ0v) is 22.9. The maximum absolute atomic E-state index is 13.9. The maximum Gasteiger partial charge on any atom is 0.337 e. The highest BCUT2D eigenvalue weighted by atomic mass is 16.5. The fourth-order valence-corrected chi connectivity index (χ4v) is 6.79. The SMILES string of the molecule is COC(=O)c1ccc(CC2c3cccc(O)c3C(=O)C3=C(O)C4(O)C(=O)C(C(N)=O)=C(O)C(N(C)C)C4C(O)C32)cc1. The number of aliphatic hydroxyl groups is 4. The van der Waals surface area contributed by atoms with Crippen molar-refractivity contribution in [2.75, 3.05) is 21.2 Å². The third-order valence-electron chi connectivity index (χ3n) is 8.63. The van der Waals surface area contributed by atoms with Gasteiger partial charge in [-0.15, -0.1) is 0 Å². The topological polar surface area (TPSA) is 208 Å². The number of phenols is 1. The van der Waals surface area contributed by atoms with E-state index in [9.17, 15) is 44.7 Å². The molecule has 0 saturated carbocycles. The number of fused-ring (bicyclic) bond motifs is 3. The van der Waals surface area contributed by atoms with E-state index in [0.29, 0.717) is 16.7 Å². The average Bonchev–Trinajstić information content (AvgIpc) is 2.94. The quantitative estimate of drug-likeness (QED) is 0.214. The van der Waals surface area contributed by atoms with E-state index in [-0.39, 0.29) is 12.0 Å². The number of hydrogen-bond acceptors (Lipinski definition) is 11. The van der Waals surface area contributed by atoms with Gasteiger partial charge >= 0.3 is 5.97 Å². The van der Waals surface area contributed by atoms with Gasteiger partial charge in [-0.05, 0) is 55.8 Å². The molecule has 0 bridgehead atoms. The molecule has 2 aromatic rings. The van der Waals surface area contributed by atoms with Gasteiger partial charge in [-0.3, -0.25) is 19.3 Å². The average molecular weight is 579 g/mol. The minimum absolute atomic E-state index is 0.129. The maximum atomic E-state index is 13.9. The predicted octanol–water partition coefficient (Wildman–Crippen LogP) is 0.662. The zero-order valence-electron chi connectivity index (χ0n) is 22.9. The highest BCUT2D eigenvalue weighted by Crippen LogP contribution is 2.56. The summed E-state index contributed by atoms with van der Waals surface area (Å²) >= 11 is 0. The van der Waals surface area contributed by atoms with Gasteiger partial charge < -0.3 is 36.0 Å². The number of primary amides is 1. The number of rotatable bonds is 5. The van der Waals surface area contributed by atoms with Crippen LogP contribution >= 0.6 is 0 Å². The van der Waals surface area contributed by atoms with Crippen LogP contribution in [-0.4, -0.2) is 92.8 Å². The molecule has 3 aliphatic rings. The molecule has 12 nitrogen and oxygen atoms in total. The van der Waals surface area contributed by atoms with E-state index < -0.39 is 87.4 Å². The normalized spacial score (nSPS) is 28.8. The molecule has 1 amide bonds. The van der Waals surface area contributed by atoms with Gasteiger partial charge in [-0.25, -0.2) is 4.79 Å². The number of aromatic hydroxyl groups is 1. The molecule has 0 spiro atoms. The van der Waals surface area contributed by atoms with E-state index in [1.54, 1.807) is 30.3 Å². The number of carbonyl (C=O) groups excluding carboxylic acids is 4. The number of benzene rings is 2. The summed E-state index contributed by atoms with van der Waals surface area (Å²) in [6, 6.07) is 9.41. The van der Waals surface area contributed by atoms with Crippen molar-refractivity contribution in [2.24, 2.45) is 17.6 Å². The molecule has 0 saturated heterocycles. The van der Waals surface area contributed by atoms with E-state index in [4.69, 9.17) is 10.5 Å².